The maximum absolute atomic E-state index is 12.8. The van der Waals surface area contributed by atoms with E-state index in [1.54, 1.807) is 14.0 Å². The zero-order valence-corrected chi connectivity index (χ0v) is 13.7. The number of amides is 1. The molecule has 0 aliphatic heterocycles. The zero-order chi connectivity index (χ0) is 17.0. The van der Waals surface area contributed by atoms with Crippen LogP contribution in [-0.2, 0) is 9.53 Å². The van der Waals surface area contributed by atoms with Crippen molar-refractivity contribution in [2.75, 3.05) is 17.7 Å². The molecule has 0 saturated carbocycles. The largest absolute Gasteiger partial charge is 0.449 e. The molecule has 8 heteroatoms. The number of rotatable bonds is 5. The molecule has 0 unspecified atom stereocenters. The van der Waals surface area contributed by atoms with Crippen molar-refractivity contribution in [2.45, 2.75) is 20.0 Å². The molecule has 0 saturated heterocycles. The van der Waals surface area contributed by atoms with Crippen molar-refractivity contribution in [3.05, 3.63) is 41.3 Å². The monoisotopic (exact) mass is 337 g/mol. The molecular weight excluding hydrogens is 321 g/mol. The number of halogens is 1. The summed E-state index contributed by atoms with van der Waals surface area (Å²) in [6, 6.07) is 5.30. The highest BCUT2D eigenvalue weighted by atomic mass is 32.1. The highest BCUT2D eigenvalue weighted by molar-refractivity contribution is 7.10. The quantitative estimate of drug-likeness (QED) is 0.820. The van der Waals surface area contributed by atoms with Gasteiger partial charge in [0.05, 0.1) is 5.69 Å². The summed E-state index contributed by atoms with van der Waals surface area (Å²) in [4.78, 5) is 24.2. The highest BCUT2D eigenvalue weighted by Gasteiger charge is 2.24. The minimum atomic E-state index is -1.00. The van der Waals surface area contributed by atoms with Gasteiger partial charge < -0.3 is 15.4 Å². The summed E-state index contributed by atoms with van der Waals surface area (Å²) < 4.78 is 22.1. The van der Waals surface area contributed by atoms with E-state index in [-0.39, 0.29) is 0 Å². The molecule has 0 radical (unpaired) electrons. The van der Waals surface area contributed by atoms with Crippen molar-refractivity contribution in [3.63, 3.8) is 0 Å². The third-order valence-corrected chi connectivity index (χ3v) is 4.01. The van der Waals surface area contributed by atoms with E-state index in [9.17, 15) is 14.0 Å². The molecule has 0 fully saturated rings. The first-order chi connectivity index (χ1) is 10.9. The zero-order valence-electron chi connectivity index (χ0n) is 12.8. The Labute approximate surface area is 136 Å². The number of aromatic nitrogens is 1. The molecule has 1 atom stereocenters. The topological polar surface area (TPSA) is 80.3 Å². The van der Waals surface area contributed by atoms with Gasteiger partial charge >= 0.3 is 5.97 Å². The average molecular weight is 337 g/mol. The van der Waals surface area contributed by atoms with Gasteiger partial charge in [-0.1, -0.05) is 0 Å². The van der Waals surface area contributed by atoms with Crippen LogP contribution in [0.15, 0.2) is 24.3 Å². The Morgan fingerprint density at radius 1 is 1.30 bits per heavy atom. The van der Waals surface area contributed by atoms with Crippen LogP contribution in [0.4, 0.5) is 15.1 Å². The lowest BCUT2D eigenvalue weighted by molar-refractivity contribution is -0.123. The molecule has 2 aromatic rings. The average Bonchev–Trinajstić information content (AvgIpc) is 2.90. The lowest BCUT2D eigenvalue weighted by Gasteiger charge is -2.14. The highest BCUT2D eigenvalue weighted by Crippen LogP contribution is 2.25. The van der Waals surface area contributed by atoms with E-state index in [1.165, 1.54) is 31.2 Å². The van der Waals surface area contributed by atoms with E-state index < -0.39 is 23.8 Å². The molecule has 0 aliphatic rings. The first-order valence-corrected chi connectivity index (χ1v) is 7.61. The fraction of sp³-hybridized carbons (Fsp3) is 0.267. The molecular formula is C15H16FN3O3S. The first-order valence-electron chi connectivity index (χ1n) is 6.83. The molecule has 0 bridgehead atoms. The molecule has 1 amide bonds. The summed E-state index contributed by atoms with van der Waals surface area (Å²) in [6.07, 6.45) is -1.00. The van der Waals surface area contributed by atoms with Crippen LogP contribution in [0.1, 0.15) is 23.0 Å². The summed E-state index contributed by atoms with van der Waals surface area (Å²) in [5.41, 5.74) is 1.28. The Kier molecular flexibility index (Phi) is 5.28. The fourth-order valence-corrected chi connectivity index (χ4v) is 2.56. The second kappa shape index (κ2) is 7.19. The first kappa shape index (κ1) is 16.9. The number of nitrogens with one attached hydrogen (secondary N) is 2. The van der Waals surface area contributed by atoms with Crippen molar-refractivity contribution in [1.29, 1.82) is 0 Å². The Morgan fingerprint density at radius 2 is 1.96 bits per heavy atom. The van der Waals surface area contributed by atoms with Crippen LogP contribution in [0.5, 0.6) is 0 Å². The Morgan fingerprint density at radius 3 is 2.57 bits per heavy atom. The van der Waals surface area contributed by atoms with Crippen LogP contribution in [0.2, 0.25) is 0 Å². The summed E-state index contributed by atoms with van der Waals surface area (Å²) in [6.45, 7) is 3.15. The number of ether oxygens (including phenoxy) is 1. The van der Waals surface area contributed by atoms with Crippen molar-refractivity contribution in [3.8, 4) is 0 Å². The van der Waals surface area contributed by atoms with Gasteiger partial charge in [0.15, 0.2) is 6.10 Å². The van der Waals surface area contributed by atoms with Crippen molar-refractivity contribution in [2.24, 2.45) is 0 Å². The van der Waals surface area contributed by atoms with E-state index >= 15 is 0 Å². The molecule has 0 aliphatic carbocycles. The Bertz CT molecular complexity index is 715. The Balaban J connectivity index is 2.01. The van der Waals surface area contributed by atoms with Gasteiger partial charge in [-0.05, 0) is 49.6 Å². The van der Waals surface area contributed by atoms with Gasteiger partial charge in [-0.25, -0.2) is 9.18 Å². The van der Waals surface area contributed by atoms with E-state index in [2.05, 4.69) is 15.0 Å². The van der Waals surface area contributed by atoms with Gasteiger partial charge in [-0.3, -0.25) is 4.79 Å². The molecule has 1 aromatic heterocycles. The van der Waals surface area contributed by atoms with Gasteiger partial charge in [0.2, 0.25) is 0 Å². The summed E-state index contributed by atoms with van der Waals surface area (Å²) in [5.74, 6) is -1.53. The smallest absolute Gasteiger partial charge is 0.343 e. The third kappa shape index (κ3) is 4.04. The second-order valence-electron chi connectivity index (χ2n) is 4.77. The fourth-order valence-electron chi connectivity index (χ4n) is 1.83. The molecule has 6 nitrogen and oxygen atoms in total. The van der Waals surface area contributed by atoms with Gasteiger partial charge in [0, 0.05) is 12.7 Å². The van der Waals surface area contributed by atoms with Crippen LogP contribution in [0, 0.1) is 12.7 Å². The number of hydrogen-bond donors (Lipinski definition) is 2. The van der Waals surface area contributed by atoms with Gasteiger partial charge in [0.25, 0.3) is 5.91 Å². The Hall–Kier alpha value is -2.48. The summed E-state index contributed by atoms with van der Waals surface area (Å²) >= 11 is 1.15. The standard InChI is InChI=1S/C15H16FN3O3S/c1-8-12(14(17-3)23-19-8)15(21)22-9(2)13(20)18-11-6-4-10(16)5-7-11/h4-7,9,17H,1-3H3,(H,18,20)/t9-/m1/s1. The third-order valence-electron chi connectivity index (χ3n) is 3.06. The molecule has 0 spiro atoms. The molecule has 1 aromatic carbocycles. The second-order valence-corrected chi connectivity index (χ2v) is 5.54. The van der Waals surface area contributed by atoms with Crippen LogP contribution >= 0.6 is 11.5 Å². The number of esters is 1. The number of aryl methyl sites for hydroxylation is 1. The van der Waals surface area contributed by atoms with E-state index in [4.69, 9.17) is 4.74 Å². The van der Waals surface area contributed by atoms with E-state index in [0.29, 0.717) is 21.9 Å². The maximum atomic E-state index is 12.8. The minimum absolute atomic E-state index is 0.318. The van der Waals surface area contributed by atoms with Crippen LogP contribution < -0.4 is 10.6 Å². The minimum Gasteiger partial charge on any atom is -0.449 e. The maximum Gasteiger partial charge on any atom is 0.343 e. The lowest BCUT2D eigenvalue weighted by Crippen LogP contribution is -2.30. The SMILES string of the molecule is CNc1snc(C)c1C(=O)O[C@H](C)C(=O)Nc1ccc(F)cc1. The van der Waals surface area contributed by atoms with E-state index in [0.717, 1.165) is 11.5 Å². The number of hydrogen-bond acceptors (Lipinski definition) is 6. The van der Waals surface area contributed by atoms with Gasteiger partial charge in [0.1, 0.15) is 16.4 Å². The predicted molar refractivity (Wildman–Crippen MR) is 86.3 cm³/mol. The van der Waals surface area contributed by atoms with Crippen molar-refractivity contribution < 1.29 is 18.7 Å². The van der Waals surface area contributed by atoms with Crippen LogP contribution in [0.3, 0.4) is 0 Å². The number of carbonyl (C=O) groups is 2. The number of carbonyl (C=O) groups excluding carboxylic acids is 2. The van der Waals surface area contributed by atoms with Crippen LogP contribution in [-0.4, -0.2) is 29.4 Å². The lowest BCUT2D eigenvalue weighted by atomic mass is 10.2. The molecule has 2 N–H and O–H groups in total. The predicted octanol–water partition coefficient (Wildman–Crippen LogP) is 2.82. The van der Waals surface area contributed by atoms with Crippen molar-refractivity contribution >= 4 is 34.1 Å². The van der Waals surface area contributed by atoms with Gasteiger partial charge in [-0.2, -0.15) is 4.37 Å². The molecule has 2 rings (SSSR count). The van der Waals surface area contributed by atoms with Crippen LogP contribution in [0.25, 0.3) is 0 Å². The molecule has 23 heavy (non-hydrogen) atoms. The summed E-state index contributed by atoms with van der Waals surface area (Å²) in [5, 5.41) is 6.00. The number of benzene rings is 1. The van der Waals surface area contributed by atoms with E-state index in [1.807, 2.05) is 0 Å². The van der Waals surface area contributed by atoms with Crippen molar-refractivity contribution in [1.82, 2.24) is 4.37 Å². The molecule has 1 heterocycles. The number of anilines is 2. The molecule has 122 valence electrons. The summed E-state index contributed by atoms with van der Waals surface area (Å²) in [7, 11) is 1.68. The van der Waals surface area contributed by atoms with Gasteiger partial charge in [-0.15, -0.1) is 0 Å². The number of nitrogens with zero attached hydrogens (tertiary/aromatic N) is 1. The normalized spacial score (nSPS) is 11.7.